The van der Waals surface area contributed by atoms with E-state index in [4.69, 9.17) is 4.74 Å². The molecule has 1 N–H and O–H groups in total. The van der Waals surface area contributed by atoms with Crippen molar-refractivity contribution >= 4 is 15.9 Å². The maximum Gasteiger partial charge on any atom is 0.145 e. The first kappa shape index (κ1) is 15.0. The van der Waals surface area contributed by atoms with Crippen LogP contribution in [-0.2, 0) is 6.54 Å². The Morgan fingerprint density at radius 2 is 2.05 bits per heavy atom. The molecule has 0 aliphatic rings. The van der Waals surface area contributed by atoms with Gasteiger partial charge in [-0.15, -0.1) is 0 Å². The summed E-state index contributed by atoms with van der Waals surface area (Å²) in [6, 6.07) is 10.4. The molecule has 0 bridgehead atoms. The molecule has 1 heterocycles. The summed E-state index contributed by atoms with van der Waals surface area (Å²) < 4.78 is 6.76. The first-order valence-electron chi connectivity index (χ1n) is 6.67. The van der Waals surface area contributed by atoms with Crippen LogP contribution in [0.15, 0.2) is 41.0 Å². The van der Waals surface area contributed by atoms with Gasteiger partial charge < -0.3 is 10.1 Å². The van der Waals surface area contributed by atoms with Crippen LogP contribution < -0.4 is 10.1 Å². The number of benzene rings is 1. The molecule has 1 aromatic heterocycles. The number of hydrogen-bond donors (Lipinski definition) is 1. The molecule has 0 fully saturated rings. The second kappa shape index (κ2) is 6.86. The average molecular weight is 335 g/mol. The number of rotatable bonds is 5. The molecular formula is C16H19BrN2O. The topological polar surface area (TPSA) is 34.1 Å². The van der Waals surface area contributed by atoms with Crippen molar-refractivity contribution in [2.45, 2.75) is 33.4 Å². The second-order valence-electron chi connectivity index (χ2n) is 5.04. The van der Waals surface area contributed by atoms with Gasteiger partial charge in [0.15, 0.2) is 0 Å². The van der Waals surface area contributed by atoms with Crippen LogP contribution in [0.25, 0.3) is 0 Å². The number of aryl methyl sites for hydroxylation is 1. The predicted octanol–water partition coefficient (Wildman–Crippen LogP) is 4.44. The van der Waals surface area contributed by atoms with E-state index >= 15 is 0 Å². The summed E-state index contributed by atoms with van der Waals surface area (Å²) in [7, 11) is 0. The van der Waals surface area contributed by atoms with Gasteiger partial charge in [-0.2, -0.15) is 0 Å². The molecule has 3 nitrogen and oxygen atoms in total. The van der Waals surface area contributed by atoms with Crippen LogP contribution in [0.3, 0.4) is 0 Å². The fourth-order valence-corrected chi connectivity index (χ4v) is 2.21. The van der Waals surface area contributed by atoms with Gasteiger partial charge >= 0.3 is 0 Å². The minimum Gasteiger partial charge on any atom is -0.455 e. The molecule has 2 aromatic rings. The van der Waals surface area contributed by atoms with Crippen molar-refractivity contribution in [1.82, 2.24) is 10.3 Å². The number of hydrogen-bond acceptors (Lipinski definition) is 3. The van der Waals surface area contributed by atoms with Crippen molar-refractivity contribution in [3.8, 4) is 11.5 Å². The highest BCUT2D eigenvalue weighted by atomic mass is 79.9. The van der Waals surface area contributed by atoms with Crippen LogP contribution in [0.2, 0.25) is 0 Å². The summed E-state index contributed by atoms with van der Waals surface area (Å²) in [5.41, 5.74) is 2.20. The zero-order valence-electron chi connectivity index (χ0n) is 12.0. The number of nitrogens with one attached hydrogen (secondary N) is 1. The lowest BCUT2D eigenvalue weighted by atomic mass is 10.2. The van der Waals surface area contributed by atoms with Gasteiger partial charge in [-0.25, -0.2) is 0 Å². The molecule has 2 rings (SSSR count). The van der Waals surface area contributed by atoms with E-state index in [2.05, 4.69) is 52.2 Å². The molecule has 0 unspecified atom stereocenters. The second-order valence-corrected chi connectivity index (χ2v) is 5.89. The van der Waals surface area contributed by atoms with E-state index in [-0.39, 0.29) is 0 Å². The van der Waals surface area contributed by atoms with Crippen molar-refractivity contribution in [1.29, 1.82) is 0 Å². The Morgan fingerprint density at radius 3 is 2.65 bits per heavy atom. The van der Waals surface area contributed by atoms with Crippen LogP contribution in [0, 0.1) is 6.92 Å². The molecular weight excluding hydrogens is 316 g/mol. The quantitative estimate of drug-likeness (QED) is 0.877. The maximum atomic E-state index is 5.81. The van der Waals surface area contributed by atoms with E-state index in [1.54, 1.807) is 6.20 Å². The fourth-order valence-electron chi connectivity index (χ4n) is 1.70. The smallest absolute Gasteiger partial charge is 0.145 e. The van der Waals surface area contributed by atoms with Crippen LogP contribution in [0.1, 0.15) is 25.1 Å². The molecule has 1 aromatic carbocycles. The van der Waals surface area contributed by atoms with Crippen molar-refractivity contribution in [3.63, 3.8) is 0 Å². The van der Waals surface area contributed by atoms with Crippen LogP contribution >= 0.6 is 15.9 Å². The SMILES string of the molecule is Cc1ccc(Oc2ccc(CNC(C)C)cc2Br)cn1. The fraction of sp³-hybridized carbons (Fsp3) is 0.312. The number of aromatic nitrogens is 1. The van der Waals surface area contributed by atoms with Gasteiger partial charge in [0.25, 0.3) is 0 Å². The van der Waals surface area contributed by atoms with E-state index in [9.17, 15) is 0 Å². The summed E-state index contributed by atoms with van der Waals surface area (Å²) in [6.07, 6.45) is 1.73. The minimum atomic E-state index is 0.475. The number of halogens is 1. The van der Waals surface area contributed by atoms with Gasteiger partial charge in [-0.3, -0.25) is 4.98 Å². The number of ether oxygens (including phenoxy) is 1. The third-order valence-electron chi connectivity index (χ3n) is 2.82. The summed E-state index contributed by atoms with van der Waals surface area (Å²) >= 11 is 3.55. The highest BCUT2D eigenvalue weighted by Gasteiger charge is 2.05. The zero-order valence-corrected chi connectivity index (χ0v) is 13.6. The van der Waals surface area contributed by atoms with E-state index in [1.807, 2.05) is 25.1 Å². The molecule has 0 aliphatic carbocycles. The molecule has 0 saturated heterocycles. The van der Waals surface area contributed by atoms with Gasteiger partial charge in [0, 0.05) is 18.3 Å². The van der Waals surface area contributed by atoms with Crippen LogP contribution in [0.5, 0.6) is 11.5 Å². The lowest BCUT2D eigenvalue weighted by Crippen LogP contribution is -2.21. The molecule has 20 heavy (non-hydrogen) atoms. The zero-order chi connectivity index (χ0) is 14.5. The Morgan fingerprint density at radius 1 is 1.25 bits per heavy atom. The summed E-state index contributed by atoms with van der Waals surface area (Å²) in [6.45, 7) is 7.08. The Balaban J connectivity index is 2.07. The molecule has 4 heteroatoms. The van der Waals surface area contributed by atoms with Gasteiger partial charge in [0.1, 0.15) is 11.5 Å². The Kier molecular flexibility index (Phi) is 5.15. The summed E-state index contributed by atoms with van der Waals surface area (Å²) in [4.78, 5) is 4.22. The first-order valence-corrected chi connectivity index (χ1v) is 7.46. The first-order chi connectivity index (χ1) is 9.54. The highest BCUT2D eigenvalue weighted by molar-refractivity contribution is 9.10. The lowest BCUT2D eigenvalue weighted by Gasteiger charge is -2.11. The van der Waals surface area contributed by atoms with Crippen LogP contribution in [-0.4, -0.2) is 11.0 Å². The number of nitrogens with zero attached hydrogens (tertiary/aromatic N) is 1. The Hall–Kier alpha value is -1.39. The largest absolute Gasteiger partial charge is 0.455 e. The van der Waals surface area contributed by atoms with Crippen molar-refractivity contribution in [2.75, 3.05) is 0 Å². The molecule has 0 spiro atoms. The lowest BCUT2D eigenvalue weighted by molar-refractivity contribution is 0.476. The number of pyridine rings is 1. The van der Waals surface area contributed by atoms with Crippen molar-refractivity contribution in [3.05, 3.63) is 52.3 Å². The Bertz CT molecular complexity index is 567. The van der Waals surface area contributed by atoms with Crippen LogP contribution in [0.4, 0.5) is 0 Å². The molecule has 0 aliphatic heterocycles. The van der Waals surface area contributed by atoms with Gasteiger partial charge in [-0.1, -0.05) is 19.9 Å². The van der Waals surface area contributed by atoms with Gasteiger partial charge in [-0.05, 0) is 52.7 Å². The minimum absolute atomic E-state index is 0.475. The summed E-state index contributed by atoms with van der Waals surface area (Å²) in [5.74, 6) is 1.54. The molecule has 0 saturated carbocycles. The van der Waals surface area contributed by atoms with Gasteiger partial charge in [0.05, 0.1) is 10.7 Å². The monoisotopic (exact) mass is 334 g/mol. The van der Waals surface area contributed by atoms with Crippen molar-refractivity contribution < 1.29 is 4.74 Å². The average Bonchev–Trinajstić information content (AvgIpc) is 2.41. The molecule has 0 radical (unpaired) electrons. The maximum absolute atomic E-state index is 5.81. The van der Waals surface area contributed by atoms with Crippen molar-refractivity contribution in [2.24, 2.45) is 0 Å². The van der Waals surface area contributed by atoms with E-state index < -0.39 is 0 Å². The van der Waals surface area contributed by atoms with E-state index in [0.29, 0.717) is 6.04 Å². The van der Waals surface area contributed by atoms with Gasteiger partial charge in [0.2, 0.25) is 0 Å². The molecule has 0 amide bonds. The van der Waals surface area contributed by atoms with E-state index in [1.165, 1.54) is 5.56 Å². The summed E-state index contributed by atoms with van der Waals surface area (Å²) in [5, 5.41) is 3.39. The molecule has 0 atom stereocenters. The molecule has 106 valence electrons. The normalized spacial score (nSPS) is 10.8. The third-order valence-corrected chi connectivity index (χ3v) is 3.44. The van der Waals surface area contributed by atoms with E-state index in [0.717, 1.165) is 28.2 Å². The standard InChI is InChI=1S/C16H19BrN2O/c1-11(2)18-9-13-5-7-16(15(17)8-13)20-14-6-4-12(3)19-10-14/h4-8,10-11,18H,9H2,1-3H3. The third kappa shape index (κ3) is 4.32. The highest BCUT2D eigenvalue weighted by Crippen LogP contribution is 2.30. The predicted molar refractivity (Wildman–Crippen MR) is 85.2 cm³/mol. The Labute approximate surface area is 128 Å².